The van der Waals surface area contributed by atoms with Crippen molar-refractivity contribution in [1.82, 2.24) is 0 Å². The van der Waals surface area contributed by atoms with Crippen molar-refractivity contribution in [1.29, 1.82) is 5.26 Å². The smallest absolute Gasteiger partial charge is 0.105 e. The molecule has 20 heavy (non-hydrogen) atoms. The van der Waals surface area contributed by atoms with Gasteiger partial charge in [0.1, 0.15) is 5.60 Å². The standard InChI is InChI=1S/C18H25NO/c1-14-5-7-15(8-6-14)17(4,20)18(13-19)11-9-16(2,3)10-12-18/h5-8,20H,9-12H2,1-4H3. The largest absolute Gasteiger partial charge is 0.384 e. The molecule has 0 aliphatic heterocycles. The van der Waals surface area contributed by atoms with Crippen LogP contribution in [0.2, 0.25) is 0 Å². The van der Waals surface area contributed by atoms with Gasteiger partial charge in [-0.25, -0.2) is 0 Å². The lowest BCUT2D eigenvalue weighted by molar-refractivity contribution is -0.0773. The molecule has 0 amide bonds. The maximum atomic E-state index is 11.1. The van der Waals surface area contributed by atoms with Crippen LogP contribution in [-0.4, -0.2) is 5.11 Å². The first-order chi connectivity index (χ1) is 9.22. The van der Waals surface area contributed by atoms with E-state index in [1.54, 1.807) is 6.92 Å². The van der Waals surface area contributed by atoms with Crippen LogP contribution in [0.1, 0.15) is 57.6 Å². The Morgan fingerprint density at radius 2 is 1.60 bits per heavy atom. The fourth-order valence-corrected chi connectivity index (χ4v) is 3.22. The number of nitrogens with zero attached hydrogens (tertiary/aromatic N) is 1. The normalized spacial score (nSPS) is 23.6. The van der Waals surface area contributed by atoms with Crippen molar-refractivity contribution in [2.75, 3.05) is 0 Å². The summed E-state index contributed by atoms with van der Waals surface area (Å²) >= 11 is 0. The third-order valence-corrected chi connectivity index (χ3v) is 5.22. The van der Waals surface area contributed by atoms with E-state index in [9.17, 15) is 10.4 Å². The molecular formula is C18H25NO. The Balaban J connectivity index is 2.36. The second-order valence-corrected chi connectivity index (χ2v) is 7.30. The Hall–Kier alpha value is -1.33. The molecule has 1 aromatic rings. The zero-order valence-corrected chi connectivity index (χ0v) is 13.0. The van der Waals surface area contributed by atoms with Gasteiger partial charge >= 0.3 is 0 Å². The molecule has 1 atom stereocenters. The lowest BCUT2D eigenvalue weighted by atomic mass is 9.58. The molecule has 1 aliphatic carbocycles. The minimum atomic E-state index is -1.09. The summed E-state index contributed by atoms with van der Waals surface area (Å²) in [5.74, 6) is 0. The number of nitriles is 1. The molecule has 0 spiro atoms. The van der Waals surface area contributed by atoms with Crippen LogP contribution >= 0.6 is 0 Å². The van der Waals surface area contributed by atoms with Gasteiger partial charge in [0.05, 0.1) is 11.5 Å². The number of hydrogen-bond acceptors (Lipinski definition) is 2. The molecule has 0 aromatic heterocycles. The van der Waals surface area contributed by atoms with Crippen molar-refractivity contribution < 1.29 is 5.11 Å². The molecule has 1 fully saturated rings. The lowest BCUT2D eigenvalue weighted by Crippen LogP contribution is -2.46. The Labute approximate surface area is 122 Å². The van der Waals surface area contributed by atoms with Gasteiger partial charge in [0.15, 0.2) is 0 Å². The molecule has 0 radical (unpaired) electrons. The molecule has 0 heterocycles. The molecule has 2 rings (SSSR count). The molecule has 1 aromatic carbocycles. The SMILES string of the molecule is Cc1ccc(C(C)(O)C2(C#N)CCC(C)(C)CC2)cc1. The predicted molar refractivity (Wildman–Crippen MR) is 81.0 cm³/mol. The molecule has 2 nitrogen and oxygen atoms in total. The van der Waals surface area contributed by atoms with Crippen LogP contribution in [0.5, 0.6) is 0 Å². The molecule has 1 N–H and O–H groups in total. The highest BCUT2D eigenvalue weighted by Gasteiger charge is 2.51. The minimum absolute atomic E-state index is 0.281. The summed E-state index contributed by atoms with van der Waals surface area (Å²) in [7, 11) is 0. The first kappa shape index (κ1) is 15.1. The van der Waals surface area contributed by atoms with Crippen molar-refractivity contribution in [2.45, 2.75) is 59.0 Å². The average Bonchev–Trinajstić information content (AvgIpc) is 2.39. The maximum Gasteiger partial charge on any atom is 0.105 e. The van der Waals surface area contributed by atoms with Crippen LogP contribution in [0.15, 0.2) is 24.3 Å². The van der Waals surface area contributed by atoms with E-state index in [0.29, 0.717) is 0 Å². The maximum absolute atomic E-state index is 11.1. The first-order valence-corrected chi connectivity index (χ1v) is 7.43. The minimum Gasteiger partial charge on any atom is -0.384 e. The highest BCUT2D eigenvalue weighted by molar-refractivity contribution is 5.31. The molecule has 1 aliphatic rings. The van der Waals surface area contributed by atoms with Crippen LogP contribution in [0.3, 0.4) is 0 Å². The highest BCUT2D eigenvalue weighted by Crippen LogP contribution is 2.53. The Bertz CT molecular complexity index is 509. The third-order valence-electron chi connectivity index (χ3n) is 5.22. The number of aryl methyl sites for hydroxylation is 1. The van der Waals surface area contributed by atoms with Gasteiger partial charge in [0.25, 0.3) is 0 Å². The predicted octanol–water partition coefficient (Wildman–Crippen LogP) is 4.31. The summed E-state index contributed by atoms with van der Waals surface area (Å²) < 4.78 is 0. The van der Waals surface area contributed by atoms with E-state index in [-0.39, 0.29) is 5.41 Å². The number of benzene rings is 1. The van der Waals surface area contributed by atoms with Crippen molar-refractivity contribution >= 4 is 0 Å². The number of rotatable bonds is 2. The Kier molecular flexibility index (Phi) is 3.69. The van der Waals surface area contributed by atoms with Crippen molar-refractivity contribution in [2.24, 2.45) is 10.8 Å². The second-order valence-electron chi connectivity index (χ2n) is 7.30. The zero-order chi connectivity index (χ0) is 15.0. The quantitative estimate of drug-likeness (QED) is 0.871. The van der Waals surface area contributed by atoms with E-state index in [4.69, 9.17) is 0 Å². The van der Waals surface area contributed by atoms with Gasteiger partial charge in [0.2, 0.25) is 0 Å². The van der Waals surface area contributed by atoms with E-state index in [1.807, 2.05) is 31.2 Å². The Morgan fingerprint density at radius 3 is 2.05 bits per heavy atom. The highest BCUT2D eigenvalue weighted by atomic mass is 16.3. The topological polar surface area (TPSA) is 44.0 Å². The Morgan fingerprint density at radius 1 is 1.10 bits per heavy atom. The van der Waals surface area contributed by atoms with Crippen LogP contribution in [0.4, 0.5) is 0 Å². The van der Waals surface area contributed by atoms with Crippen molar-refractivity contribution in [3.63, 3.8) is 0 Å². The summed E-state index contributed by atoms with van der Waals surface area (Å²) in [6, 6.07) is 10.4. The number of hydrogen-bond donors (Lipinski definition) is 1. The monoisotopic (exact) mass is 271 g/mol. The van der Waals surface area contributed by atoms with Gasteiger partial charge in [-0.3, -0.25) is 0 Å². The van der Waals surface area contributed by atoms with Crippen LogP contribution in [-0.2, 0) is 5.60 Å². The molecule has 1 unspecified atom stereocenters. The van der Waals surface area contributed by atoms with Gasteiger partial charge in [0, 0.05) is 0 Å². The fraction of sp³-hybridized carbons (Fsp3) is 0.611. The summed E-state index contributed by atoms with van der Waals surface area (Å²) in [4.78, 5) is 0. The van der Waals surface area contributed by atoms with E-state index in [1.165, 1.54) is 5.56 Å². The molecule has 0 bridgehead atoms. The summed E-state index contributed by atoms with van der Waals surface area (Å²) in [6.07, 6.45) is 3.50. The van der Waals surface area contributed by atoms with Crippen LogP contribution in [0, 0.1) is 29.1 Å². The molecular weight excluding hydrogens is 246 g/mol. The van der Waals surface area contributed by atoms with E-state index in [0.717, 1.165) is 31.2 Å². The lowest BCUT2D eigenvalue weighted by Gasteiger charge is -2.47. The third kappa shape index (κ3) is 2.47. The molecule has 0 saturated heterocycles. The van der Waals surface area contributed by atoms with Gasteiger partial charge in [-0.05, 0) is 50.5 Å². The van der Waals surface area contributed by atoms with Crippen LogP contribution < -0.4 is 0 Å². The van der Waals surface area contributed by atoms with Crippen LogP contribution in [0.25, 0.3) is 0 Å². The zero-order valence-electron chi connectivity index (χ0n) is 13.0. The molecule has 1 saturated carbocycles. The van der Waals surface area contributed by atoms with Gasteiger partial charge in [-0.15, -0.1) is 0 Å². The van der Waals surface area contributed by atoms with E-state index >= 15 is 0 Å². The summed E-state index contributed by atoms with van der Waals surface area (Å²) in [5.41, 5.74) is 0.539. The number of aliphatic hydroxyl groups is 1. The average molecular weight is 271 g/mol. The van der Waals surface area contributed by atoms with Crippen molar-refractivity contribution in [3.8, 4) is 6.07 Å². The summed E-state index contributed by atoms with van der Waals surface area (Å²) in [6.45, 7) is 8.32. The fourth-order valence-electron chi connectivity index (χ4n) is 3.22. The summed E-state index contributed by atoms with van der Waals surface area (Å²) in [5, 5.41) is 20.9. The molecule has 2 heteroatoms. The van der Waals surface area contributed by atoms with Gasteiger partial charge < -0.3 is 5.11 Å². The van der Waals surface area contributed by atoms with E-state index in [2.05, 4.69) is 19.9 Å². The van der Waals surface area contributed by atoms with E-state index < -0.39 is 11.0 Å². The van der Waals surface area contributed by atoms with Crippen molar-refractivity contribution in [3.05, 3.63) is 35.4 Å². The van der Waals surface area contributed by atoms with Gasteiger partial charge in [-0.1, -0.05) is 43.7 Å². The first-order valence-electron chi connectivity index (χ1n) is 7.43. The second kappa shape index (κ2) is 4.90. The van der Waals surface area contributed by atoms with Gasteiger partial charge in [-0.2, -0.15) is 5.26 Å². The molecule has 108 valence electrons.